The van der Waals surface area contributed by atoms with Crippen molar-refractivity contribution in [3.8, 4) is 5.75 Å². The van der Waals surface area contributed by atoms with Gasteiger partial charge in [0.25, 0.3) is 0 Å². The molecule has 0 amide bonds. The third kappa shape index (κ3) is 6.57. The van der Waals surface area contributed by atoms with Crippen LogP contribution in [0.3, 0.4) is 0 Å². The van der Waals surface area contributed by atoms with Gasteiger partial charge in [0.15, 0.2) is 6.29 Å². The van der Waals surface area contributed by atoms with Crippen LogP contribution in [-0.4, -0.2) is 34.8 Å². The smallest absolute Gasteiger partial charge is 0.154 e. The Labute approximate surface area is 159 Å². The van der Waals surface area contributed by atoms with Gasteiger partial charge < -0.3 is 20.1 Å². The molecule has 3 N–H and O–H groups in total. The highest BCUT2D eigenvalue weighted by molar-refractivity contribution is 5.49. The minimum absolute atomic E-state index is 0.0154. The first-order valence-electron chi connectivity index (χ1n) is 9.45. The monoisotopic (exact) mass is 366 g/mol. The van der Waals surface area contributed by atoms with Crippen LogP contribution in [0.2, 0.25) is 0 Å². The third-order valence-electron chi connectivity index (χ3n) is 4.56. The van der Waals surface area contributed by atoms with Gasteiger partial charge >= 0.3 is 0 Å². The van der Waals surface area contributed by atoms with E-state index in [2.05, 4.69) is 41.5 Å². The number of ether oxygens (including phenoxy) is 1. The van der Waals surface area contributed by atoms with Gasteiger partial charge in [-0.3, -0.25) is 0 Å². The maximum absolute atomic E-state index is 10.8. The Bertz CT molecular complexity index is 556. The molecule has 0 spiro atoms. The SMILES string of the molecule is CC(C)(CO)COC(O)CCc1cc(C(C)(C)C)c(O)c(C(C)(C)C)c1. The zero-order valence-electron chi connectivity index (χ0n) is 17.8. The summed E-state index contributed by atoms with van der Waals surface area (Å²) >= 11 is 0. The van der Waals surface area contributed by atoms with E-state index in [1.165, 1.54) is 0 Å². The van der Waals surface area contributed by atoms with E-state index in [1.807, 2.05) is 26.0 Å². The summed E-state index contributed by atoms with van der Waals surface area (Å²) in [6, 6.07) is 4.07. The highest BCUT2D eigenvalue weighted by Crippen LogP contribution is 2.40. The second-order valence-electron chi connectivity index (χ2n) is 10.2. The van der Waals surface area contributed by atoms with Gasteiger partial charge in [-0.15, -0.1) is 0 Å². The fraction of sp³-hybridized carbons (Fsp3) is 0.727. The summed E-state index contributed by atoms with van der Waals surface area (Å²) in [5.41, 5.74) is 2.24. The van der Waals surface area contributed by atoms with Gasteiger partial charge in [0, 0.05) is 11.8 Å². The number of aryl methyl sites for hydroxylation is 1. The van der Waals surface area contributed by atoms with E-state index in [-0.39, 0.29) is 22.9 Å². The lowest BCUT2D eigenvalue weighted by molar-refractivity contribution is -0.129. The van der Waals surface area contributed by atoms with Crippen molar-refractivity contribution >= 4 is 0 Å². The summed E-state index contributed by atoms with van der Waals surface area (Å²) in [5, 5.41) is 30.2. The van der Waals surface area contributed by atoms with Crippen LogP contribution in [0.5, 0.6) is 5.75 Å². The summed E-state index contributed by atoms with van der Waals surface area (Å²) in [5.74, 6) is 0.371. The van der Waals surface area contributed by atoms with Gasteiger partial charge in [-0.05, 0) is 33.9 Å². The molecule has 0 aliphatic rings. The molecule has 0 saturated carbocycles. The van der Waals surface area contributed by atoms with Gasteiger partial charge in [-0.25, -0.2) is 0 Å². The quantitative estimate of drug-likeness (QED) is 0.630. The van der Waals surface area contributed by atoms with Crippen molar-refractivity contribution < 1.29 is 20.1 Å². The van der Waals surface area contributed by atoms with Crippen molar-refractivity contribution in [2.45, 2.75) is 85.4 Å². The minimum Gasteiger partial charge on any atom is -0.507 e. The maximum Gasteiger partial charge on any atom is 0.154 e. The summed E-state index contributed by atoms with van der Waals surface area (Å²) < 4.78 is 5.48. The van der Waals surface area contributed by atoms with Gasteiger partial charge in [-0.2, -0.15) is 0 Å². The number of aromatic hydroxyl groups is 1. The molecule has 0 heterocycles. The highest BCUT2D eigenvalue weighted by atomic mass is 16.6. The zero-order chi connectivity index (χ0) is 20.3. The Hall–Kier alpha value is -1.10. The van der Waals surface area contributed by atoms with Crippen molar-refractivity contribution in [1.29, 1.82) is 0 Å². The van der Waals surface area contributed by atoms with Crippen LogP contribution in [0.1, 0.15) is 78.5 Å². The topological polar surface area (TPSA) is 69.9 Å². The molecule has 1 unspecified atom stereocenters. The van der Waals surface area contributed by atoms with Crippen molar-refractivity contribution in [3.63, 3.8) is 0 Å². The number of hydrogen-bond donors (Lipinski definition) is 3. The predicted molar refractivity (Wildman–Crippen MR) is 107 cm³/mol. The number of hydrogen-bond acceptors (Lipinski definition) is 4. The van der Waals surface area contributed by atoms with Crippen LogP contribution in [0.15, 0.2) is 12.1 Å². The van der Waals surface area contributed by atoms with Gasteiger partial charge in [0.2, 0.25) is 0 Å². The number of aliphatic hydroxyl groups excluding tert-OH is 2. The minimum atomic E-state index is -0.870. The van der Waals surface area contributed by atoms with Gasteiger partial charge in [0.05, 0.1) is 13.2 Å². The number of phenolic OH excluding ortho intramolecular Hbond substituents is 1. The maximum atomic E-state index is 10.8. The number of rotatable bonds is 7. The molecule has 0 bridgehead atoms. The molecule has 0 fully saturated rings. The number of phenols is 1. The molecule has 0 aliphatic carbocycles. The molecule has 4 nitrogen and oxygen atoms in total. The first-order valence-corrected chi connectivity index (χ1v) is 9.45. The molecule has 0 radical (unpaired) electrons. The average Bonchev–Trinajstić information content (AvgIpc) is 2.49. The Morgan fingerprint density at radius 2 is 1.38 bits per heavy atom. The predicted octanol–water partition coefficient (Wildman–Crippen LogP) is 4.27. The van der Waals surface area contributed by atoms with Crippen molar-refractivity contribution in [2.24, 2.45) is 5.41 Å². The number of aliphatic hydroxyl groups is 2. The summed E-state index contributed by atoms with van der Waals surface area (Å²) in [6.07, 6.45) is 0.262. The molecule has 1 rings (SSSR count). The van der Waals surface area contributed by atoms with E-state index in [0.717, 1.165) is 16.7 Å². The van der Waals surface area contributed by atoms with Crippen LogP contribution < -0.4 is 0 Å². The Balaban J connectivity index is 2.96. The normalized spacial score (nSPS) is 14.5. The molecule has 0 saturated heterocycles. The highest BCUT2D eigenvalue weighted by Gasteiger charge is 2.26. The van der Waals surface area contributed by atoms with Crippen LogP contribution >= 0.6 is 0 Å². The molecular weight excluding hydrogens is 328 g/mol. The molecular formula is C22H38O4. The van der Waals surface area contributed by atoms with E-state index in [0.29, 0.717) is 25.2 Å². The lowest BCUT2D eigenvalue weighted by Gasteiger charge is -2.28. The first-order chi connectivity index (χ1) is 11.7. The van der Waals surface area contributed by atoms with E-state index in [1.54, 1.807) is 0 Å². The Morgan fingerprint density at radius 3 is 1.77 bits per heavy atom. The lowest BCUT2D eigenvalue weighted by Crippen LogP contribution is -2.27. The van der Waals surface area contributed by atoms with Crippen molar-refractivity contribution in [1.82, 2.24) is 0 Å². The van der Waals surface area contributed by atoms with Crippen molar-refractivity contribution in [3.05, 3.63) is 28.8 Å². The van der Waals surface area contributed by atoms with E-state index in [9.17, 15) is 15.3 Å². The lowest BCUT2D eigenvalue weighted by atomic mass is 9.78. The molecule has 0 aromatic heterocycles. The molecule has 4 heteroatoms. The second-order valence-corrected chi connectivity index (χ2v) is 10.2. The Kier molecular flexibility index (Phi) is 7.31. The fourth-order valence-corrected chi connectivity index (χ4v) is 2.72. The standard InChI is InChI=1S/C22H38O4/c1-20(2,3)16-11-15(12-17(19(16)25)21(4,5)6)9-10-18(24)26-14-22(7,8)13-23/h11-12,18,23-25H,9-10,13-14H2,1-8H3. The summed E-state index contributed by atoms with van der Waals surface area (Å²) in [7, 11) is 0. The van der Waals surface area contributed by atoms with Gasteiger partial charge in [0.1, 0.15) is 5.75 Å². The second kappa shape index (κ2) is 8.28. The molecule has 0 aliphatic heterocycles. The van der Waals surface area contributed by atoms with Gasteiger partial charge in [-0.1, -0.05) is 67.5 Å². The molecule has 1 aromatic rings. The van der Waals surface area contributed by atoms with Crippen LogP contribution in [0.25, 0.3) is 0 Å². The van der Waals surface area contributed by atoms with E-state index < -0.39 is 6.29 Å². The van der Waals surface area contributed by atoms with E-state index in [4.69, 9.17) is 4.74 Å². The third-order valence-corrected chi connectivity index (χ3v) is 4.56. The Morgan fingerprint density at radius 1 is 0.923 bits per heavy atom. The average molecular weight is 367 g/mol. The molecule has 150 valence electrons. The molecule has 26 heavy (non-hydrogen) atoms. The van der Waals surface area contributed by atoms with Crippen LogP contribution in [-0.2, 0) is 22.0 Å². The largest absolute Gasteiger partial charge is 0.507 e. The fourth-order valence-electron chi connectivity index (χ4n) is 2.72. The zero-order valence-corrected chi connectivity index (χ0v) is 17.8. The first kappa shape index (κ1) is 22.9. The van der Waals surface area contributed by atoms with E-state index >= 15 is 0 Å². The molecule has 1 aromatic carbocycles. The number of benzene rings is 1. The van der Waals surface area contributed by atoms with Crippen LogP contribution in [0, 0.1) is 5.41 Å². The summed E-state index contributed by atoms with van der Waals surface area (Å²) in [4.78, 5) is 0. The molecule has 1 atom stereocenters. The van der Waals surface area contributed by atoms with Crippen LogP contribution in [0.4, 0.5) is 0 Å². The summed E-state index contributed by atoms with van der Waals surface area (Å²) in [6.45, 7) is 16.7. The van der Waals surface area contributed by atoms with Crippen molar-refractivity contribution in [2.75, 3.05) is 13.2 Å².